The lowest BCUT2D eigenvalue weighted by atomic mass is 10.1. The Balaban J connectivity index is 2.34. The molecule has 1 atom stereocenters. The summed E-state index contributed by atoms with van der Waals surface area (Å²) < 4.78 is 10.3. The van der Waals surface area contributed by atoms with Gasteiger partial charge in [0.2, 0.25) is 0 Å². The predicted molar refractivity (Wildman–Crippen MR) is 79.9 cm³/mol. The van der Waals surface area contributed by atoms with Crippen molar-refractivity contribution in [3.63, 3.8) is 0 Å². The normalized spacial score (nSPS) is 11.9. The van der Waals surface area contributed by atoms with Gasteiger partial charge in [0.25, 0.3) is 0 Å². The largest absolute Gasteiger partial charge is 0.494 e. The van der Waals surface area contributed by atoms with Crippen LogP contribution in [0.1, 0.15) is 25.3 Å². The van der Waals surface area contributed by atoms with Crippen LogP contribution in [-0.2, 0) is 16.0 Å². The number of carbonyl (C=O) groups is 1. The maximum absolute atomic E-state index is 11.1. The van der Waals surface area contributed by atoms with Crippen LogP contribution < -0.4 is 4.74 Å². The molecule has 0 bridgehead atoms. The highest BCUT2D eigenvalue weighted by Crippen LogP contribution is 2.15. The number of hydrogen-bond donors (Lipinski definition) is 1. The standard InChI is InChI=1S/C15H22O3S/c1-12(8-10-19)7-9-18-14-5-3-13(4-6-14)11-15(16)17-2/h3-6,12,19H,7-11H2,1-2H3. The molecule has 0 aromatic heterocycles. The lowest BCUT2D eigenvalue weighted by Gasteiger charge is -2.11. The van der Waals surface area contributed by atoms with Gasteiger partial charge in [-0.25, -0.2) is 0 Å². The first kappa shape index (κ1) is 15.9. The lowest BCUT2D eigenvalue weighted by molar-refractivity contribution is -0.139. The van der Waals surface area contributed by atoms with Crippen LogP contribution in [-0.4, -0.2) is 25.4 Å². The summed E-state index contributed by atoms with van der Waals surface area (Å²) in [6, 6.07) is 7.57. The Bertz CT molecular complexity index is 375. The molecule has 1 aromatic carbocycles. The summed E-state index contributed by atoms with van der Waals surface area (Å²) in [7, 11) is 1.39. The molecule has 0 aliphatic carbocycles. The quantitative estimate of drug-likeness (QED) is 0.588. The van der Waals surface area contributed by atoms with E-state index in [9.17, 15) is 4.79 Å². The van der Waals surface area contributed by atoms with E-state index in [0.717, 1.165) is 29.9 Å². The van der Waals surface area contributed by atoms with E-state index in [2.05, 4.69) is 24.3 Å². The van der Waals surface area contributed by atoms with Crippen LogP contribution in [0.4, 0.5) is 0 Å². The van der Waals surface area contributed by atoms with E-state index in [1.807, 2.05) is 24.3 Å². The fraction of sp³-hybridized carbons (Fsp3) is 0.533. The van der Waals surface area contributed by atoms with E-state index in [0.29, 0.717) is 18.9 Å². The second kappa shape index (κ2) is 8.86. The molecule has 0 saturated heterocycles. The van der Waals surface area contributed by atoms with Gasteiger partial charge in [0.05, 0.1) is 20.1 Å². The zero-order valence-corrected chi connectivity index (χ0v) is 12.5. The SMILES string of the molecule is COC(=O)Cc1ccc(OCCC(C)CCS)cc1. The summed E-state index contributed by atoms with van der Waals surface area (Å²) >= 11 is 4.22. The molecule has 0 amide bonds. The van der Waals surface area contributed by atoms with Crippen molar-refractivity contribution in [2.45, 2.75) is 26.2 Å². The molecule has 1 unspecified atom stereocenters. The maximum Gasteiger partial charge on any atom is 0.309 e. The van der Waals surface area contributed by atoms with E-state index < -0.39 is 0 Å². The Hall–Kier alpha value is -1.16. The van der Waals surface area contributed by atoms with Crippen molar-refractivity contribution in [3.05, 3.63) is 29.8 Å². The Kier molecular flexibility index (Phi) is 7.41. The highest BCUT2D eigenvalue weighted by molar-refractivity contribution is 7.80. The van der Waals surface area contributed by atoms with E-state index in [4.69, 9.17) is 4.74 Å². The smallest absolute Gasteiger partial charge is 0.309 e. The van der Waals surface area contributed by atoms with Crippen molar-refractivity contribution < 1.29 is 14.3 Å². The molecular weight excluding hydrogens is 260 g/mol. The Morgan fingerprint density at radius 3 is 2.53 bits per heavy atom. The molecule has 0 aliphatic heterocycles. The van der Waals surface area contributed by atoms with Crippen LogP contribution in [0.3, 0.4) is 0 Å². The van der Waals surface area contributed by atoms with E-state index in [1.165, 1.54) is 7.11 Å². The van der Waals surface area contributed by atoms with E-state index in [1.54, 1.807) is 0 Å². The van der Waals surface area contributed by atoms with Crippen LogP contribution in [0.2, 0.25) is 0 Å². The van der Waals surface area contributed by atoms with Gasteiger partial charge in [0, 0.05) is 0 Å². The highest BCUT2D eigenvalue weighted by atomic mass is 32.1. The van der Waals surface area contributed by atoms with Crippen molar-refractivity contribution in [3.8, 4) is 5.75 Å². The lowest BCUT2D eigenvalue weighted by Crippen LogP contribution is -2.06. The molecule has 0 fully saturated rings. The second-order valence-corrected chi connectivity index (χ2v) is 5.10. The average Bonchev–Trinajstić information content (AvgIpc) is 2.41. The van der Waals surface area contributed by atoms with Gasteiger partial charge in [-0.05, 0) is 42.2 Å². The Labute approximate surface area is 120 Å². The minimum atomic E-state index is -0.228. The van der Waals surface area contributed by atoms with Crippen molar-refractivity contribution in [2.75, 3.05) is 19.5 Å². The number of thiol groups is 1. The minimum absolute atomic E-state index is 0.228. The van der Waals surface area contributed by atoms with E-state index in [-0.39, 0.29) is 5.97 Å². The molecule has 0 aliphatic rings. The molecule has 0 spiro atoms. The number of benzene rings is 1. The fourth-order valence-electron chi connectivity index (χ4n) is 1.69. The molecule has 0 N–H and O–H groups in total. The number of hydrogen-bond acceptors (Lipinski definition) is 4. The summed E-state index contributed by atoms with van der Waals surface area (Å²) in [5, 5.41) is 0. The average molecular weight is 282 g/mol. The summed E-state index contributed by atoms with van der Waals surface area (Å²) in [5.41, 5.74) is 0.933. The first-order valence-electron chi connectivity index (χ1n) is 6.55. The fourth-order valence-corrected chi connectivity index (χ4v) is 2.13. The van der Waals surface area contributed by atoms with Gasteiger partial charge in [-0.1, -0.05) is 19.1 Å². The first-order chi connectivity index (χ1) is 9.15. The number of carbonyl (C=O) groups excluding carboxylic acids is 1. The Morgan fingerprint density at radius 2 is 1.95 bits per heavy atom. The van der Waals surface area contributed by atoms with Gasteiger partial charge >= 0.3 is 5.97 Å². The number of esters is 1. The highest BCUT2D eigenvalue weighted by Gasteiger charge is 2.04. The molecule has 1 aromatic rings. The topological polar surface area (TPSA) is 35.5 Å². The zero-order valence-electron chi connectivity index (χ0n) is 11.6. The third-order valence-electron chi connectivity index (χ3n) is 3.00. The zero-order chi connectivity index (χ0) is 14.1. The number of ether oxygens (including phenoxy) is 2. The molecule has 3 nitrogen and oxygen atoms in total. The molecule has 0 heterocycles. The van der Waals surface area contributed by atoms with Crippen LogP contribution >= 0.6 is 12.6 Å². The first-order valence-corrected chi connectivity index (χ1v) is 7.18. The van der Waals surface area contributed by atoms with Gasteiger partial charge in [0.15, 0.2) is 0 Å². The Morgan fingerprint density at radius 1 is 1.26 bits per heavy atom. The third-order valence-corrected chi connectivity index (χ3v) is 3.26. The van der Waals surface area contributed by atoms with Crippen LogP contribution in [0.15, 0.2) is 24.3 Å². The molecule has 106 valence electrons. The molecule has 19 heavy (non-hydrogen) atoms. The molecule has 4 heteroatoms. The van der Waals surface area contributed by atoms with Gasteiger partial charge in [-0.3, -0.25) is 4.79 Å². The summed E-state index contributed by atoms with van der Waals surface area (Å²) in [5.74, 6) is 2.17. The van der Waals surface area contributed by atoms with Crippen molar-refractivity contribution >= 4 is 18.6 Å². The molecule has 0 radical (unpaired) electrons. The summed E-state index contributed by atoms with van der Waals surface area (Å²) in [6.07, 6.45) is 2.45. The van der Waals surface area contributed by atoms with Crippen molar-refractivity contribution in [1.29, 1.82) is 0 Å². The number of rotatable bonds is 8. The molecule has 1 rings (SSSR count). The third kappa shape index (κ3) is 6.53. The van der Waals surface area contributed by atoms with Gasteiger partial charge < -0.3 is 9.47 Å². The van der Waals surface area contributed by atoms with Crippen molar-refractivity contribution in [1.82, 2.24) is 0 Å². The van der Waals surface area contributed by atoms with Gasteiger partial charge in [0.1, 0.15) is 5.75 Å². The van der Waals surface area contributed by atoms with Crippen molar-refractivity contribution in [2.24, 2.45) is 5.92 Å². The summed E-state index contributed by atoms with van der Waals surface area (Å²) in [6.45, 7) is 2.92. The monoisotopic (exact) mass is 282 g/mol. The molecular formula is C15H22O3S. The second-order valence-electron chi connectivity index (χ2n) is 4.65. The van der Waals surface area contributed by atoms with Crippen LogP contribution in [0.25, 0.3) is 0 Å². The number of methoxy groups -OCH3 is 1. The predicted octanol–water partition coefficient (Wildman–Crippen LogP) is 3.13. The van der Waals surface area contributed by atoms with Crippen LogP contribution in [0.5, 0.6) is 5.75 Å². The minimum Gasteiger partial charge on any atom is -0.494 e. The van der Waals surface area contributed by atoms with Gasteiger partial charge in [-0.2, -0.15) is 12.6 Å². The molecule has 0 saturated carbocycles. The van der Waals surface area contributed by atoms with Gasteiger partial charge in [-0.15, -0.1) is 0 Å². The maximum atomic E-state index is 11.1. The van der Waals surface area contributed by atoms with Crippen LogP contribution in [0, 0.1) is 5.92 Å². The van der Waals surface area contributed by atoms with E-state index >= 15 is 0 Å². The summed E-state index contributed by atoms with van der Waals surface area (Å²) in [4.78, 5) is 11.1.